The minimum Gasteiger partial charge on any atom is -0.283 e. The number of allylic oxidation sites excluding steroid dienone is 1. The summed E-state index contributed by atoms with van der Waals surface area (Å²) in [5.74, 6) is 0. The van der Waals surface area contributed by atoms with E-state index in [0.717, 1.165) is 21.4 Å². The molecule has 0 spiro atoms. The molecule has 0 N–H and O–H groups in total. The molecule has 0 fully saturated rings. The minimum absolute atomic E-state index is 0.133. The van der Waals surface area contributed by atoms with Crippen LogP contribution < -0.4 is 5.56 Å². The number of aliphatic imine (C=N–C) groups is 1. The van der Waals surface area contributed by atoms with Gasteiger partial charge in [0.05, 0.1) is 11.4 Å². The van der Waals surface area contributed by atoms with Crippen molar-refractivity contribution in [1.29, 1.82) is 0 Å². The summed E-state index contributed by atoms with van der Waals surface area (Å²) in [5.41, 5.74) is 3.00. The molecule has 0 atom stereocenters. The first-order valence-electron chi connectivity index (χ1n) is 7.89. The Labute approximate surface area is 154 Å². The number of para-hydroxylation sites is 1. The van der Waals surface area contributed by atoms with Gasteiger partial charge in [-0.3, -0.25) is 9.48 Å². The fourth-order valence-electron chi connectivity index (χ4n) is 2.57. The molecule has 0 amide bonds. The maximum atomic E-state index is 12.8. The number of rotatable bonds is 4. The highest BCUT2D eigenvalue weighted by Gasteiger charge is 2.14. The quantitative estimate of drug-likeness (QED) is 0.593. The van der Waals surface area contributed by atoms with Crippen LogP contribution in [0.25, 0.3) is 10.2 Å². The van der Waals surface area contributed by atoms with Crippen molar-refractivity contribution in [2.45, 2.75) is 6.92 Å². The van der Waals surface area contributed by atoms with Gasteiger partial charge in [-0.05, 0) is 30.7 Å². The lowest BCUT2D eigenvalue weighted by molar-refractivity contribution is 0.630. The molecule has 0 bridgehead atoms. The van der Waals surface area contributed by atoms with Gasteiger partial charge in [0.1, 0.15) is 0 Å². The van der Waals surface area contributed by atoms with E-state index in [2.05, 4.69) is 20.9 Å². The van der Waals surface area contributed by atoms with E-state index in [1.54, 1.807) is 10.9 Å². The molecule has 1 aromatic heterocycles. The molecule has 5 heteroatoms. The Balaban J connectivity index is 1.95. The Morgan fingerprint density at radius 2 is 1.64 bits per heavy atom. The van der Waals surface area contributed by atoms with Gasteiger partial charge >= 0.3 is 0 Å². The third kappa shape index (κ3) is 3.56. The van der Waals surface area contributed by atoms with Crippen LogP contribution in [0.15, 0.2) is 76.5 Å². The second kappa shape index (κ2) is 7.49. The minimum atomic E-state index is -0.133. The summed E-state index contributed by atoms with van der Waals surface area (Å²) in [6, 6.07) is 19.5. The molecule has 3 aromatic rings. The van der Waals surface area contributed by atoms with E-state index in [-0.39, 0.29) is 5.56 Å². The van der Waals surface area contributed by atoms with Crippen molar-refractivity contribution in [2.24, 2.45) is 12.0 Å². The van der Waals surface area contributed by atoms with E-state index in [1.165, 1.54) is 0 Å². The van der Waals surface area contributed by atoms with Crippen molar-refractivity contribution in [3.8, 4) is 5.69 Å². The molecule has 126 valence electrons. The number of hydrogen-bond donors (Lipinski definition) is 0. The first kappa shape index (κ1) is 17.2. The Bertz CT molecular complexity index is 983. The lowest BCUT2D eigenvalue weighted by Gasteiger charge is -2.07. The first-order valence-corrected chi connectivity index (χ1v) is 8.68. The van der Waals surface area contributed by atoms with Gasteiger partial charge in [0.15, 0.2) is 5.69 Å². The number of halogens is 1. The van der Waals surface area contributed by atoms with Crippen LogP contribution in [-0.2, 0) is 7.05 Å². The largest absolute Gasteiger partial charge is 0.297 e. The van der Waals surface area contributed by atoms with Crippen molar-refractivity contribution in [1.82, 2.24) is 9.36 Å². The van der Waals surface area contributed by atoms with E-state index in [1.807, 2.05) is 85.4 Å². The summed E-state index contributed by atoms with van der Waals surface area (Å²) in [4.78, 5) is 17.1. The molecule has 25 heavy (non-hydrogen) atoms. The maximum absolute atomic E-state index is 12.8. The topological polar surface area (TPSA) is 39.3 Å². The molecule has 0 saturated carbocycles. The van der Waals surface area contributed by atoms with E-state index in [0.29, 0.717) is 5.69 Å². The molecule has 3 rings (SSSR count). The second-order valence-electron chi connectivity index (χ2n) is 5.57. The van der Waals surface area contributed by atoms with Crippen LogP contribution in [0, 0.1) is 6.92 Å². The summed E-state index contributed by atoms with van der Waals surface area (Å²) >= 11 is 3.53. The van der Waals surface area contributed by atoms with E-state index >= 15 is 0 Å². The molecule has 4 nitrogen and oxygen atoms in total. The highest BCUT2D eigenvalue weighted by atomic mass is 79.9. The molecular formula is C20H18BrN3O. The number of aromatic nitrogens is 2. The Morgan fingerprint density at radius 3 is 2.28 bits per heavy atom. The summed E-state index contributed by atoms with van der Waals surface area (Å²) in [5, 5.41) is 0. The normalized spacial score (nSPS) is 12.0. The molecule has 0 saturated heterocycles. The third-order valence-corrected chi connectivity index (χ3v) is 4.72. The lowest BCUT2D eigenvalue weighted by Crippen LogP contribution is -2.19. The molecule has 0 unspecified atom stereocenters. The van der Waals surface area contributed by atoms with Crippen LogP contribution in [-0.4, -0.2) is 15.6 Å². The average molecular weight is 396 g/mol. The Hall–Kier alpha value is -2.66. The Morgan fingerprint density at radius 1 is 1.04 bits per heavy atom. The van der Waals surface area contributed by atoms with Gasteiger partial charge < -0.3 is 0 Å². The highest BCUT2D eigenvalue weighted by Crippen LogP contribution is 2.20. The van der Waals surface area contributed by atoms with Crippen molar-refractivity contribution in [2.75, 3.05) is 0 Å². The van der Waals surface area contributed by atoms with Crippen molar-refractivity contribution >= 4 is 32.3 Å². The van der Waals surface area contributed by atoms with Crippen LogP contribution >= 0.6 is 15.9 Å². The van der Waals surface area contributed by atoms with Crippen LogP contribution in [0.4, 0.5) is 5.69 Å². The van der Waals surface area contributed by atoms with Crippen molar-refractivity contribution < 1.29 is 0 Å². The van der Waals surface area contributed by atoms with E-state index in [9.17, 15) is 4.79 Å². The van der Waals surface area contributed by atoms with Crippen molar-refractivity contribution in [3.05, 3.63) is 88.4 Å². The van der Waals surface area contributed by atoms with E-state index < -0.39 is 0 Å². The van der Waals surface area contributed by atoms with Gasteiger partial charge in [-0.15, -0.1) is 0 Å². The summed E-state index contributed by atoms with van der Waals surface area (Å²) in [6.07, 6.45) is 3.49. The smallest absolute Gasteiger partial charge is 0.283 e. The van der Waals surface area contributed by atoms with Gasteiger partial charge in [0, 0.05) is 17.7 Å². The van der Waals surface area contributed by atoms with Gasteiger partial charge in [-0.25, -0.2) is 9.67 Å². The summed E-state index contributed by atoms with van der Waals surface area (Å²) in [7, 11) is 1.86. The van der Waals surface area contributed by atoms with Gasteiger partial charge in [-0.2, -0.15) is 0 Å². The molecule has 0 aliphatic carbocycles. The van der Waals surface area contributed by atoms with Crippen molar-refractivity contribution in [3.63, 3.8) is 0 Å². The fraction of sp³-hybridized carbons (Fsp3) is 0.100. The SMILES string of the molecule is Cc1c(N=C/C=C(/Br)c2ccccc2)c(=O)n(-c2ccccc2)n1C. The zero-order valence-electron chi connectivity index (χ0n) is 14.1. The van der Waals surface area contributed by atoms with Gasteiger partial charge in [-0.1, -0.05) is 64.5 Å². The Kier molecular flexibility index (Phi) is 5.14. The summed E-state index contributed by atoms with van der Waals surface area (Å²) < 4.78 is 4.35. The zero-order valence-corrected chi connectivity index (χ0v) is 15.6. The predicted molar refractivity (Wildman–Crippen MR) is 107 cm³/mol. The fourth-order valence-corrected chi connectivity index (χ4v) is 2.96. The monoisotopic (exact) mass is 395 g/mol. The van der Waals surface area contributed by atoms with Crippen LogP contribution in [0.3, 0.4) is 0 Å². The van der Waals surface area contributed by atoms with Gasteiger partial charge in [0.2, 0.25) is 0 Å². The number of benzene rings is 2. The molecule has 1 heterocycles. The van der Waals surface area contributed by atoms with Gasteiger partial charge in [0.25, 0.3) is 5.56 Å². The third-order valence-electron chi connectivity index (χ3n) is 4.00. The molecular weight excluding hydrogens is 378 g/mol. The van der Waals surface area contributed by atoms with Crippen LogP contribution in [0.1, 0.15) is 11.3 Å². The average Bonchev–Trinajstić information content (AvgIpc) is 2.86. The summed E-state index contributed by atoms with van der Waals surface area (Å²) in [6.45, 7) is 1.89. The molecule has 2 aromatic carbocycles. The van der Waals surface area contributed by atoms with Crippen LogP contribution in [0.5, 0.6) is 0 Å². The molecule has 0 radical (unpaired) electrons. The highest BCUT2D eigenvalue weighted by molar-refractivity contribution is 9.15. The first-order chi connectivity index (χ1) is 12.1. The number of hydrogen-bond acceptors (Lipinski definition) is 2. The zero-order chi connectivity index (χ0) is 17.8. The maximum Gasteiger partial charge on any atom is 0.297 e. The molecule has 0 aliphatic rings. The predicted octanol–water partition coefficient (Wildman–Crippen LogP) is 4.62. The second-order valence-corrected chi connectivity index (χ2v) is 6.42. The van der Waals surface area contributed by atoms with Crippen LogP contribution in [0.2, 0.25) is 0 Å². The standard InChI is InChI=1S/C20H18BrN3O/c1-15-19(22-14-13-18(21)16-9-5-3-6-10-16)20(25)24(23(15)2)17-11-7-4-8-12-17/h3-14H,1-2H3/b18-13+,22-14?. The van der Waals surface area contributed by atoms with E-state index in [4.69, 9.17) is 0 Å². The molecule has 0 aliphatic heterocycles. The lowest BCUT2D eigenvalue weighted by atomic mass is 10.2. The number of nitrogens with zero attached hydrogens (tertiary/aromatic N) is 3.